The summed E-state index contributed by atoms with van der Waals surface area (Å²) in [5.41, 5.74) is -0.0767. The van der Waals surface area contributed by atoms with Crippen molar-refractivity contribution in [3.05, 3.63) is 42.8 Å². The van der Waals surface area contributed by atoms with Crippen LogP contribution >= 0.6 is 0 Å². The summed E-state index contributed by atoms with van der Waals surface area (Å²) in [7, 11) is 0. The third-order valence-corrected chi connectivity index (χ3v) is 1.93. The summed E-state index contributed by atoms with van der Waals surface area (Å²) in [4.78, 5) is 12.6. The summed E-state index contributed by atoms with van der Waals surface area (Å²) in [6.07, 6.45) is 3.52. The molecule has 1 aromatic heterocycles. The normalized spacial score (nSPS) is 10.3. The Morgan fingerprint density at radius 3 is 2.56 bits per heavy atom. The zero-order chi connectivity index (χ0) is 12.0. The van der Waals surface area contributed by atoms with Gasteiger partial charge in [-0.05, 0) is 0 Å². The van der Waals surface area contributed by atoms with Crippen LogP contribution in [0.3, 0.4) is 0 Å². The van der Waals surface area contributed by atoms with Crippen molar-refractivity contribution < 1.29 is 14.4 Å². The van der Waals surface area contributed by atoms with Crippen LogP contribution in [0, 0.1) is 0 Å². The Morgan fingerprint density at radius 2 is 2.12 bits per heavy atom. The summed E-state index contributed by atoms with van der Waals surface area (Å²) in [6, 6.07) is 1.42. The first-order valence-electron chi connectivity index (χ1n) is 4.80. The van der Waals surface area contributed by atoms with Gasteiger partial charge in [0, 0.05) is 19.2 Å². The fourth-order valence-electron chi connectivity index (χ4n) is 1.28. The molecule has 0 saturated carbocycles. The average Bonchev–Trinajstić information content (AvgIpc) is 2.67. The fraction of sp³-hybridized carbons (Fsp3) is 0.273. The monoisotopic (exact) mass is 222 g/mol. The zero-order valence-electron chi connectivity index (χ0n) is 8.93. The lowest BCUT2D eigenvalue weighted by molar-refractivity contribution is 0.0685. The van der Waals surface area contributed by atoms with E-state index in [1.54, 1.807) is 12.2 Å². The van der Waals surface area contributed by atoms with Crippen LogP contribution in [0.2, 0.25) is 0 Å². The van der Waals surface area contributed by atoms with E-state index in [4.69, 9.17) is 9.63 Å². The molecule has 1 rings (SSSR count). The average molecular weight is 222 g/mol. The Hall–Kier alpha value is -1.88. The summed E-state index contributed by atoms with van der Waals surface area (Å²) in [5.74, 6) is -0.574. The van der Waals surface area contributed by atoms with E-state index in [0.29, 0.717) is 25.4 Å². The number of carboxylic acids is 1. The molecule has 1 N–H and O–H groups in total. The lowest BCUT2D eigenvalue weighted by atomic mass is 10.3. The molecule has 5 heteroatoms. The minimum atomic E-state index is -1.09. The first kappa shape index (κ1) is 12.2. The lowest BCUT2D eigenvalue weighted by Gasteiger charge is -2.16. The number of aromatic carboxylic acids is 1. The number of hydrogen-bond acceptors (Lipinski definition) is 4. The quantitative estimate of drug-likeness (QED) is 0.709. The molecule has 0 fully saturated rings. The van der Waals surface area contributed by atoms with Crippen molar-refractivity contribution in [2.45, 2.75) is 6.54 Å². The van der Waals surface area contributed by atoms with Crippen molar-refractivity contribution >= 4 is 5.97 Å². The van der Waals surface area contributed by atoms with Gasteiger partial charge in [-0.25, -0.2) is 4.79 Å². The first-order chi connectivity index (χ1) is 7.67. The molecule has 0 radical (unpaired) electrons. The summed E-state index contributed by atoms with van der Waals surface area (Å²) in [5, 5.41) is 12.1. The van der Waals surface area contributed by atoms with Gasteiger partial charge in [-0.1, -0.05) is 17.3 Å². The maximum Gasteiger partial charge on any atom is 0.358 e. The van der Waals surface area contributed by atoms with E-state index < -0.39 is 5.97 Å². The maximum absolute atomic E-state index is 10.6. The summed E-state index contributed by atoms with van der Waals surface area (Å²) >= 11 is 0. The molecule has 0 aliphatic carbocycles. The highest BCUT2D eigenvalue weighted by molar-refractivity contribution is 5.85. The molecule has 0 amide bonds. The van der Waals surface area contributed by atoms with Crippen LogP contribution in [0.1, 0.15) is 16.2 Å². The first-order valence-corrected chi connectivity index (χ1v) is 4.80. The summed E-state index contributed by atoms with van der Waals surface area (Å²) in [6.45, 7) is 9.12. The highest BCUT2D eigenvalue weighted by Crippen LogP contribution is 2.07. The van der Waals surface area contributed by atoms with E-state index in [0.717, 1.165) is 0 Å². The second kappa shape index (κ2) is 5.87. The van der Waals surface area contributed by atoms with Gasteiger partial charge in [0.15, 0.2) is 11.5 Å². The minimum Gasteiger partial charge on any atom is -0.476 e. The molecule has 0 saturated heterocycles. The molecule has 0 aliphatic heterocycles. The zero-order valence-corrected chi connectivity index (χ0v) is 8.93. The number of aromatic nitrogens is 1. The van der Waals surface area contributed by atoms with Crippen molar-refractivity contribution in [1.29, 1.82) is 0 Å². The second-order valence-electron chi connectivity index (χ2n) is 3.26. The van der Waals surface area contributed by atoms with Gasteiger partial charge in [0.05, 0.1) is 6.54 Å². The fourth-order valence-corrected chi connectivity index (χ4v) is 1.28. The molecule has 0 aliphatic rings. The van der Waals surface area contributed by atoms with Crippen molar-refractivity contribution in [3.8, 4) is 0 Å². The Morgan fingerprint density at radius 1 is 1.50 bits per heavy atom. The van der Waals surface area contributed by atoms with E-state index in [9.17, 15) is 4.79 Å². The third kappa shape index (κ3) is 3.36. The van der Waals surface area contributed by atoms with Crippen molar-refractivity contribution in [1.82, 2.24) is 10.1 Å². The summed E-state index contributed by atoms with van der Waals surface area (Å²) < 4.78 is 4.91. The predicted molar refractivity (Wildman–Crippen MR) is 59.1 cm³/mol. The molecule has 0 unspecified atom stereocenters. The maximum atomic E-state index is 10.6. The Balaban J connectivity index is 2.65. The van der Waals surface area contributed by atoms with Crippen LogP contribution in [0.15, 0.2) is 35.9 Å². The van der Waals surface area contributed by atoms with Crippen molar-refractivity contribution in [2.24, 2.45) is 0 Å². The van der Waals surface area contributed by atoms with Gasteiger partial charge in [-0.15, -0.1) is 13.2 Å². The molecule has 86 valence electrons. The van der Waals surface area contributed by atoms with Gasteiger partial charge in [-0.3, -0.25) is 4.90 Å². The van der Waals surface area contributed by atoms with Crippen LogP contribution < -0.4 is 0 Å². The van der Waals surface area contributed by atoms with Gasteiger partial charge in [0.2, 0.25) is 0 Å². The molecule has 0 atom stereocenters. The van der Waals surface area contributed by atoms with Crippen LogP contribution in [-0.2, 0) is 6.54 Å². The van der Waals surface area contributed by atoms with E-state index in [-0.39, 0.29) is 5.69 Å². The van der Waals surface area contributed by atoms with Crippen molar-refractivity contribution in [3.63, 3.8) is 0 Å². The number of rotatable bonds is 7. The number of nitrogens with zero attached hydrogens (tertiary/aromatic N) is 2. The van der Waals surface area contributed by atoms with Gasteiger partial charge in [-0.2, -0.15) is 0 Å². The van der Waals surface area contributed by atoms with E-state index in [1.807, 2.05) is 4.90 Å². The molecule has 1 heterocycles. The molecule has 5 nitrogen and oxygen atoms in total. The van der Waals surface area contributed by atoms with Crippen LogP contribution in [0.5, 0.6) is 0 Å². The highest BCUT2D eigenvalue weighted by Gasteiger charge is 2.12. The van der Waals surface area contributed by atoms with E-state index in [1.165, 1.54) is 6.07 Å². The molecule has 0 spiro atoms. The van der Waals surface area contributed by atoms with Gasteiger partial charge < -0.3 is 9.63 Å². The molecule has 0 bridgehead atoms. The van der Waals surface area contributed by atoms with Gasteiger partial charge >= 0.3 is 5.97 Å². The molecule has 0 aromatic carbocycles. The van der Waals surface area contributed by atoms with Crippen LogP contribution in [0.4, 0.5) is 0 Å². The third-order valence-electron chi connectivity index (χ3n) is 1.93. The Bertz CT molecular complexity index is 374. The largest absolute Gasteiger partial charge is 0.476 e. The number of carboxylic acid groups (broad SMARTS) is 1. The van der Waals surface area contributed by atoms with E-state index >= 15 is 0 Å². The molecule has 16 heavy (non-hydrogen) atoms. The Labute approximate surface area is 93.7 Å². The number of hydrogen-bond donors (Lipinski definition) is 1. The van der Waals surface area contributed by atoms with Crippen molar-refractivity contribution in [2.75, 3.05) is 13.1 Å². The molecule has 1 aromatic rings. The van der Waals surface area contributed by atoms with Crippen LogP contribution in [-0.4, -0.2) is 34.2 Å². The minimum absolute atomic E-state index is 0.0767. The van der Waals surface area contributed by atoms with E-state index in [2.05, 4.69) is 18.3 Å². The molecular formula is C11H14N2O3. The smallest absolute Gasteiger partial charge is 0.358 e. The van der Waals surface area contributed by atoms with Crippen LogP contribution in [0.25, 0.3) is 0 Å². The lowest BCUT2D eigenvalue weighted by Crippen LogP contribution is -2.22. The SMILES string of the molecule is C=CCN(CC=C)Cc1cc(C(=O)O)no1. The topological polar surface area (TPSA) is 66.6 Å². The second-order valence-corrected chi connectivity index (χ2v) is 3.26. The highest BCUT2D eigenvalue weighted by atomic mass is 16.5. The van der Waals surface area contributed by atoms with Gasteiger partial charge in [0.1, 0.15) is 0 Å². The standard InChI is InChI=1S/C11H14N2O3/c1-3-5-13(6-4-2)8-9-7-10(11(14)15)12-16-9/h3-4,7H,1-2,5-6,8H2,(H,14,15). The molecular weight excluding hydrogens is 208 g/mol. The predicted octanol–water partition coefficient (Wildman–Crippen LogP) is 1.55. The number of carbonyl (C=O) groups is 1. The Kier molecular flexibility index (Phi) is 4.47. The van der Waals surface area contributed by atoms with Gasteiger partial charge in [0.25, 0.3) is 0 Å².